The van der Waals surface area contributed by atoms with Crippen LogP contribution < -0.4 is 10.6 Å². The van der Waals surface area contributed by atoms with Crippen molar-refractivity contribution in [3.63, 3.8) is 0 Å². The van der Waals surface area contributed by atoms with E-state index in [0.29, 0.717) is 25.2 Å². The van der Waals surface area contributed by atoms with Crippen LogP contribution in [0.1, 0.15) is 72.5 Å². The lowest BCUT2D eigenvalue weighted by Crippen LogP contribution is -2.46. The van der Waals surface area contributed by atoms with Crippen LogP contribution in [0.15, 0.2) is 48.5 Å². The highest BCUT2D eigenvalue weighted by Crippen LogP contribution is 2.37. The van der Waals surface area contributed by atoms with Gasteiger partial charge < -0.3 is 15.5 Å². The second kappa shape index (κ2) is 12.5. The number of likely N-dealkylation sites (tertiary alicyclic amines) is 1. The van der Waals surface area contributed by atoms with E-state index in [9.17, 15) is 22.8 Å². The van der Waals surface area contributed by atoms with E-state index in [2.05, 4.69) is 22.5 Å². The summed E-state index contributed by atoms with van der Waals surface area (Å²) in [7, 11) is 0. The highest BCUT2D eigenvalue weighted by Gasteiger charge is 2.38. The molecular weight excluding hydrogens is 529 g/mol. The molecule has 0 spiro atoms. The van der Waals surface area contributed by atoms with E-state index < -0.39 is 11.7 Å². The second-order valence-electron chi connectivity index (χ2n) is 12.4. The maximum atomic E-state index is 13.3. The number of hydrogen-bond donors (Lipinski definition) is 2. The minimum absolute atomic E-state index is 0.0319. The zero-order valence-electron chi connectivity index (χ0n) is 23.8. The molecule has 2 amide bonds. The van der Waals surface area contributed by atoms with E-state index in [4.69, 9.17) is 0 Å². The SMILES string of the molecule is CC1(CN(Cc2ccc(C(=O)NC3CCNCC3)cc2)C(=O)C2CC2)CCN(Cc2ccc(C(F)(F)F)cc2)CC1. The quantitative estimate of drug-likeness (QED) is 0.434. The van der Waals surface area contributed by atoms with Crippen molar-refractivity contribution in [3.05, 3.63) is 70.8 Å². The number of piperidine rings is 2. The summed E-state index contributed by atoms with van der Waals surface area (Å²) in [5.41, 5.74) is 1.87. The maximum absolute atomic E-state index is 13.3. The van der Waals surface area contributed by atoms with Gasteiger partial charge in [-0.05, 0) is 106 Å². The molecule has 2 heterocycles. The highest BCUT2D eigenvalue weighted by molar-refractivity contribution is 5.94. The van der Waals surface area contributed by atoms with Crippen LogP contribution in [0.3, 0.4) is 0 Å². The van der Waals surface area contributed by atoms with Crippen molar-refractivity contribution in [3.8, 4) is 0 Å². The van der Waals surface area contributed by atoms with Gasteiger partial charge in [-0.3, -0.25) is 14.5 Å². The predicted octanol–water partition coefficient (Wildman–Crippen LogP) is 5.23. The molecule has 2 N–H and O–H groups in total. The van der Waals surface area contributed by atoms with Crippen molar-refractivity contribution >= 4 is 11.8 Å². The first-order valence-corrected chi connectivity index (χ1v) is 14.9. The number of rotatable bonds is 9. The van der Waals surface area contributed by atoms with Gasteiger partial charge in [0.1, 0.15) is 0 Å². The summed E-state index contributed by atoms with van der Waals surface area (Å²) in [5, 5.41) is 6.44. The fraction of sp³-hybridized carbons (Fsp3) is 0.562. The smallest absolute Gasteiger partial charge is 0.349 e. The number of carbonyl (C=O) groups excluding carboxylic acids is 2. The van der Waals surface area contributed by atoms with Gasteiger partial charge >= 0.3 is 6.18 Å². The van der Waals surface area contributed by atoms with Gasteiger partial charge in [0.25, 0.3) is 5.91 Å². The summed E-state index contributed by atoms with van der Waals surface area (Å²) >= 11 is 0. The molecule has 2 aliphatic heterocycles. The predicted molar refractivity (Wildman–Crippen MR) is 152 cm³/mol. The summed E-state index contributed by atoms with van der Waals surface area (Å²) < 4.78 is 38.7. The van der Waals surface area contributed by atoms with Gasteiger partial charge in [-0.25, -0.2) is 0 Å². The van der Waals surface area contributed by atoms with E-state index >= 15 is 0 Å². The van der Waals surface area contributed by atoms with Crippen LogP contribution >= 0.6 is 0 Å². The van der Waals surface area contributed by atoms with Crippen molar-refractivity contribution in [1.82, 2.24) is 20.4 Å². The van der Waals surface area contributed by atoms with E-state index in [1.165, 1.54) is 0 Å². The highest BCUT2D eigenvalue weighted by atomic mass is 19.4. The van der Waals surface area contributed by atoms with Crippen LogP contribution in [0.4, 0.5) is 13.2 Å². The molecule has 0 aromatic heterocycles. The number of nitrogens with zero attached hydrogens (tertiary/aromatic N) is 2. The molecule has 9 heteroatoms. The Kier molecular flexibility index (Phi) is 9.04. The summed E-state index contributed by atoms with van der Waals surface area (Å²) in [6.07, 6.45) is 1.28. The van der Waals surface area contributed by atoms with E-state index in [1.54, 1.807) is 12.1 Å². The molecule has 0 atom stereocenters. The number of nitrogens with one attached hydrogen (secondary N) is 2. The molecule has 0 bridgehead atoms. The fourth-order valence-electron chi connectivity index (χ4n) is 5.94. The molecule has 0 unspecified atom stereocenters. The number of benzene rings is 2. The Morgan fingerprint density at radius 3 is 2.15 bits per heavy atom. The number of amides is 2. The third kappa shape index (κ3) is 8.10. The van der Waals surface area contributed by atoms with Gasteiger partial charge in [-0.2, -0.15) is 13.2 Å². The molecule has 2 saturated heterocycles. The van der Waals surface area contributed by atoms with Gasteiger partial charge in [0.2, 0.25) is 5.91 Å². The Morgan fingerprint density at radius 2 is 1.56 bits per heavy atom. The molecule has 2 aromatic carbocycles. The fourth-order valence-corrected chi connectivity index (χ4v) is 5.94. The summed E-state index contributed by atoms with van der Waals surface area (Å²) in [6, 6.07) is 13.3. The second-order valence-corrected chi connectivity index (χ2v) is 12.4. The van der Waals surface area contributed by atoms with Crippen LogP contribution in [-0.4, -0.2) is 60.4 Å². The minimum atomic E-state index is -4.32. The Bertz CT molecular complexity index is 1180. The number of carbonyl (C=O) groups is 2. The van der Waals surface area contributed by atoms with Crippen molar-refractivity contribution < 1.29 is 22.8 Å². The lowest BCUT2D eigenvalue weighted by atomic mass is 9.79. The van der Waals surface area contributed by atoms with Crippen molar-refractivity contribution in [2.75, 3.05) is 32.7 Å². The third-order valence-electron chi connectivity index (χ3n) is 8.83. The Morgan fingerprint density at radius 1 is 0.951 bits per heavy atom. The lowest BCUT2D eigenvalue weighted by molar-refractivity contribution is -0.137. The monoisotopic (exact) mass is 570 g/mol. The standard InChI is InChI=1S/C32H41F3N4O2/c1-31(14-18-38(19-15-31)20-23-4-10-27(11-5-23)32(33,34)35)22-39(30(41)26-8-9-26)21-24-2-6-25(7-3-24)29(40)37-28-12-16-36-17-13-28/h2-7,10-11,26,28,36H,8-9,12-22H2,1H3,(H,37,40). The molecule has 41 heavy (non-hydrogen) atoms. The number of alkyl halides is 3. The minimum Gasteiger partial charge on any atom is -0.349 e. The van der Waals surface area contributed by atoms with E-state index in [0.717, 1.165) is 88.0 Å². The van der Waals surface area contributed by atoms with Crippen molar-refractivity contribution in [1.29, 1.82) is 0 Å². The lowest BCUT2D eigenvalue weighted by Gasteiger charge is -2.42. The first-order chi connectivity index (χ1) is 19.6. The zero-order valence-corrected chi connectivity index (χ0v) is 23.8. The largest absolute Gasteiger partial charge is 0.416 e. The molecular formula is C32H41F3N4O2. The molecule has 3 fully saturated rings. The first kappa shape index (κ1) is 29.6. The van der Waals surface area contributed by atoms with Gasteiger partial charge in [0, 0.05) is 37.2 Å². The van der Waals surface area contributed by atoms with Crippen molar-refractivity contribution in [2.45, 2.75) is 70.8 Å². The van der Waals surface area contributed by atoms with Gasteiger partial charge in [-0.1, -0.05) is 31.2 Å². The molecule has 3 aliphatic rings. The van der Waals surface area contributed by atoms with Crippen LogP contribution in [0, 0.1) is 11.3 Å². The van der Waals surface area contributed by atoms with E-state index in [-0.39, 0.29) is 29.2 Å². The summed E-state index contributed by atoms with van der Waals surface area (Å²) in [4.78, 5) is 30.3. The molecule has 222 valence electrons. The van der Waals surface area contributed by atoms with Gasteiger partial charge in [-0.15, -0.1) is 0 Å². The Balaban J connectivity index is 1.16. The van der Waals surface area contributed by atoms with Crippen LogP contribution in [0.25, 0.3) is 0 Å². The van der Waals surface area contributed by atoms with Crippen molar-refractivity contribution in [2.24, 2.45) is 11.3 Å². The van der Waals surface area contributed by atoms with E-state index in [1.807, 2.05) is 29.2 Å². The Hall–Kier alpha value is -2.91. The molecule has 5 rings (SSSR count). The number of halogens is 3. The third-order valence-corrected chi connectivity index (χ3v) is 8.83. The number of hydrogen-bond acceptors (Lipinski definition) is 4. The molecule has 0 radical (unpaired) electrons. The van der Waals surface area contributed by atoms with Crippen LogP contribution in [-0.2, 0) is 24.1 Å². The molecule has 6 nitrogen and oxygen atoms in total. The average Bonchev–Trinajstić information content (AvgIpc) is 3.80. The Labute approximate surface area is 240 Å². The van der Waals surface area contributed by atoms with Crippen LogP contribution in [0.5, 0.6) is 0 Å². The van der Waals surface area contributed by atoms with Crippen LogP contribution in [0.2, 0.25) is 0 Å². The first-order valence-electron chi connectivity index (χ1n) is 14.9. The normalized spacial score (nSPS) is 20.0. The van der Waals surface area contributed by atoms with Gasteiger partial charge in [0.05, 0.1) is 5.56 Å². The summed E-state index contributed by atoms with van der Waals surface area (Å²) in [5.74, 6) is 0.282. The molecule has 1 aliphatic carbocycles. The molecule has 2 aromatic rings. The van der Waals surface area contributed by atoms with Gasteiger partial charge in [0.15, 0.2) is 0 Å². The molecule has 1 saturated carbocycles. The zero-order chi connectivity index (χ0) is 29.0. The topological polar surface area (TPSA) is 64.7 Å². The maximum Gasteiger partial charge on any atom is 0.416 e. The average molecular weight is 571 g/mol. The summed E-state index contributed by atoms with van der Waals surface area (Å²) in [6.45, 7) is 7.58.